The molecule has 2 N–H and O–H groups in total. The van der Waals surface area contributed by atoms with E-state index in [0.29, 0.717) is 30.6 Å². The Labute approximate surface area is 159 Å². The molecule has 2 amide bonds. The molecule has 0 saturated carbocycles. The van der Waals surface area contributed by atoms with Crippen molar-refractivity contribution in [1.82, 2.24) is 20.1 Å². The Hall–Kier alpha value is -2.64. The Morgan fingerprint density at radius 1 is 1.44 bits per heavy atom. The van der Waals surface area contributed by atoms with Gasteiger partial charge in [-0.15, -0.1) is 0 Å². The fourth-order valence-corrected chi connectivity index (χ4v) is 3.22. The highest BCUT2D eigenvalue weighted by atomic mass is 19.1. The predicted octanol–water partition coefficient (Wildman–Crippen LogP) is 2.94. The first-order chi connectivity index (χ1) is 12.9. The van der Waals surface area contributed by atoms with Gasteiger partial charge in [-0.1, -0.05) is 13.8 Å². The summed E-state index contributed by atoms with van der Waals surface area (Å²) in [6.07, 6.45) is 4.27. The molecule has 1 aliphatic heterocycles. The van der Waals surface area contributed by atoms with Crippen LogP contribution in [0.25, 0.3) is 0 Å². The first-order valence-electron chi connectivity index (χ1n) is 9.38. The first kappa shape index (κ1) is 19.1. The number of hydrogen-bond acceptors (Lipinski definition) is 4. The Bertz CT molecular complexity index is 790. The molecule has 0 aliphatic carbocycles. The van der Waals surface area contributed by atoms with E-state index < -0.39 is 0 Å². The molecule has 0 aromatic carbocycles. The molecule has 2 aromatic heterocycles. The average molecular weight is 374 g/mol. The zero-order valence-electron chi connectivity index (χ0n) is 16.1. The Morgan fingerprint density at radius 2 is 2.26 bits per heavy atom. The monoisotopic (exact) mass is 374 g/mol. The van der Waals surface area contributed by atoms with Crippen LogP contribution in [0.15, 0.2) is 24.4 Å². The van der Waals surface area contributed by atoms with Crippen LogP contribution in [0.3, 0.4) is 0 Å². The minimum atomic E-state index is -0.341. The van der Waals surface area contributed by atoms with E-state index in [-0.39, 0.29) is 17.9 Å². The third-order valence-corrected chi connectivity index (χ3v) is 4.71. The van der Waals surface area contributed by atoms with E-state index in [4.69, 9.17) is 0 Å². The normalized spacial score (nSPS) is 16.8. The van der Waals surface area contributed by atoms with Crippen molar-refractivity contribution in [1.29, 1.82) is 0 Å². The largest absolute Gasteiger partial charge is 0.352 e. The molecule has 3 heterocycles. The molecule has 0 spiro atoms. The van der Waals surface area contributed by atoms with Crippen molar-refractivity contribution in [2.75, 3.05) is 23.3 Å². The number of carbonyl (C=O) groups is 1. The highest BCUT2D eigenvalue weighted by molar-refractivity contribution is 5.88. The van der Waals surface area contributed by atoms with Gasteiger partial charge in [-0.2, -0.15) is 5.10 Å². The van der Waals surface area contributed by atoms with E-state index in [1.54, 1.807) is 16.9 Å². The summed E-state index contributed by atoms with van der Waals surface area (Å²) in [7, 11) is 1.82. The van der Waals surface area contributed by atoms with Gasteiger partial charge in [-0.25, -0.2) is 14.2 Å². The number of hydrogen-bond donors (Lipinski definition) is 2. The van der Waals surface area contributed by atoms with Gasteiger partial charge in [0.2, 0.25) is 0 Å². The summed E-state index contributed by atoms with van der Waals surface area (Å²) in [6, 6.07) is 4.55. The molecule has 7 nitrogen and oxygen atoms in total. The summed E-state index contributed by atoms with van der Waals surface area (Å²) < 4.78 is 15.5. The number of halogens is 1. The third-order valence-electron chi connectivity index (χ3n) is 4.71. The minimum Gasteiger partial charge on any atom is -0.352 e. The zero-order chi connectivity index (χ0) is 19.4. The summed E-state index contributed by atoms with van der Waals surface area (Å²) in [5, 5.41) is 10.2. The second-order valence-corrected chi connectivity index (χ2v) is 7.42. The number of aromatic nitrogens is 3. The number of pyridine rings is 1. The van der Waals surface area contributed by atoms with Crippen LogP contribution in [-0.4, -0.2) is 39.9 Å². The van der Waals surface area contributed by atoms with Crippen LogP contribution in [0.4, 0.5) is 20.8 Å². The number of nitrogens with one attached hydrogen (secondary N) is 2. The molecule has 1 saturated heterocycles. The van der Waals surface area contributed by atoms with E-state index in [0.717, 1.165) is 25.0 Å². The Morgan fingerprint density at radius 3 is 3.00 bits per heavy atom. The molecule has 1 atom stereocenters. The van der Waals surface area contributed by atoms with E-state index in [2.05, 4.69) is 34.6 Å². The van der Waals surface area contributed by atoms with Crippen LogP contribution in [0.5, 0.6) is 0 Å². The standard InChI is InChI=1S/C19H27FN6O/c1-13(2)6-7-14-11-17(25(3)24-14)23-19(27)22-15-8-10-26(12-15)18-16(20)5-4-9-21-18/h4-5,9,11,13,15H,6-8,10,12H2,1-3H3,(H2,22,23,27)/t15-/m1/s1. The molecular weight excluding hydrogens is 347 g/mol. The molecular formula is C19H27FN6O. The van der Waals surface area contributed by atoms with Gasteiger partial charge < -0.3 is 10.2 Å². The van der Waals surface area contributed by atoms with E-state index >= 15 is 0 Å². The second-order valence-electron chi connectivity index (χ2n) is 7.42. The lowest BCUT2D eigenvalue weighted by atomic mass is 10.1. The molecule has 3 rings (SSSR count). The minimum absolute atomic E-state index is 0.0555. The van der Waals surface area contributed by atoms with Crippen LogP contribution in [0.2, 0.25) is 0 Å². The molecule has 0 radical (unpaired) electrons. The summed E-state index contributed by atoms with van der Waals surface area (Å²) in [6.45, 7) is 5.55. The zero-order valence-corrected chi connectivity index (χ0v) is 16.1. The molecule has 0 unspecified atom stereocenters. The van der Waals surface area contributed by atoms with Gasteiger partial charge in [-0.3, -0.25) is 10.00 Å². The van der Waals surface area contributed by atoms with Crippen molar-refractivity contribution in [2.24, 2.45) is 13.0 Å². The molecule has 8 heteroatoms. The topological polar surface area (TPSA) is 75.1 Å². The fourth-order valence-electron chi connectivity index (χ4n) is 3.22. The van der Waals surface area contributed by atoms with Crippen LogP contribution < -0.4 is 15.5 Å². The second kappa shape index (κ2) is 8.37. The fraction of sp³-hybridized carbons (Fsp3) is 0.526. The predicted molar refractivity (Wildman–Crippen MR) is 103 cm³/mol. The summed E-state index contributed by atoms with van der Waals surface area (Å²) in [4.78, 5) is 18.3. The first-order valence-corrected chi connectivity index (χ1v) is 9.38. The lowest BCUT2D eigenvalue weighted by Crippen LogP contribution is -2.40. The van der Waals surface area contributed by atoms with Gasteiger partial charge in [0, 0.05) is 38.4 Å². The Kier molecular flexibility index (Phi) is 5.93. The van der Waals surface area contributed by atoms with Crippen LogP contribution in [0.1, 0.15) is 32.4 Å². The van der Waals surface area contributed by atoms with E-state index in [9.17, 15) is 9.18 Å². The molecule has 0 bridgehead atoms. The average Bonchev–Trinajstić information content (AvgIpc) is 3.20. The maximum Gasteiger partial charge on any atom is 0.320 e. The number of anilines is 2. The lowest BCUT2D eigenvalue weighted by Gasteiger charge is -2.18. The maximum absolute atomic E-state index is 13.9. The van der Waals surface area contributed by atoms with Crippen LogP contribution in [0, 0.1) is 11.7 Å². The highest BCUT2D eigenvalue weighted by Crippen LogP contribution is 2.21. The van der Waals surface area contributed by atoms with Gasteiger partial charge in [0.1, 0.15) is 5.82 Å². The van der Waals surface area contributed by atoms with Crippen LogP contribution in [-0.2, 0) is 13.5 Å². The van der Waals surface area contributed by atoms with Crippen molar-refractivity contribution >= 4 is 17.7 Å². The molecule has 1 aliphatic rings. The Balaban J connectivity index is 1.52. The summed E-state index contributed by atoms with van der Waals surface area (Å²) in [5.74, 6) is 1.27. The number of rotatable bonds is 6. The summed E-state index contributed by atoms with van der Waals surface area (Å²) >= 11 is 0. The molecule has 1 fully saturated rings. The maximum atomic E-state index is 13.9. The van der Waals surface area contributed by atoms with Gasteiger partial charge in [0.05, 0.1) is 5.69 Å². The van der Waals surface area contributed by atoms with Gasteiger partial charge in [0.25, 0.3) is 0 Å². The van der Waals surface area contributed by atoms with Crippen molar-refractivity contribution in [3.05, 3.63) is 35.9 Å². The lowest BCUT2D eigenvalue weighted by molar-refractivity contribution is 0.249. The number of amides is 2. The SMILES string of the molecule is CC(C)CCc1cc(NC(=O)N[C@@H]2CCN(c3ncccc3F)C2)n(C)n1. The van der Waals surface area contributed by atoms with Gasteiger partial charge in [0.15, 0.2) is 11.6 Å². The van der Waals surface area contributed by atoms with Crippen molar-refractivity contribution in [2.45, 2.75) is 39.2 Å². The van der Waals surface area contributed by atoms with Crippen molar-refractivity contribution in [3.8, 4) is 0 Å². The number of nitrogens with zero attached hydrogens (tertiary/aromatic N) is 4. The molecule has 2 aromatic rings. The number of aryl methyl sites for hydroxylation is 2. The quantitative estimate of drug-likeness (QED) is 0.815. The summed E-state index contributed by atoms with van der Waals surface area (Å²) in [5.41, 5.74) is 0.971. The van der Waals surface area contributed by atoms with Crippen LogP contribution >= 0.6 is 0 Å². The van der Waals surface area contributed by atoms with E-state index in [1.807, 2.05) is 18.0 Å². The number of urea groups is 1. The highest BCUT2D eigenvalue weighted by Gasteiger charge is 2.26. The van der Waals surface area contributed by atoms with E-state index in [1.165, 1.54) is 6.07 Å². The van der Waals surface area contributed by atoms with Crippen molar-refractivity contribution < 1.29 is 9.18 Å². The smallest absolute Gasteiger partial charge is 0.320 e. The van der Waals surface area contributed by atoms with Gasteiger partial charge in [-0.05, 0) is 37.3 Å². The molecule has 27 heavy (non-hydrogen) atoms. The number of carbonyl (C=O) groups excluding carboxylic acids is 1. The van der Waals surface area contributed by atoms with Gasteiger partial charge >= 0.3 is 6.03 Å². The van der Waals surface area contributed by atoms with Crippen molar-refractivity contribution in [3.63, 3.8) is 0 Å². The molecule has 146 valence electrons. The third kappa shape index (κ3) is 4.96.